The van der Waals surface area contributed by atoms with Gasteiger partial charge in [0.05, 0.1) is 18.8 Å². The van der Waals surface area contributed by atoms with Crippen molar-refractivity contribution < 1.29 is 14.6 Å². The van der Waals surface area contributed by atoms with Crippen LogP contribution in [0.5, 0.6) is 5.75 Å². The molecule has 0 aliphatic rings. The molecular formula is C15H18N2O3. The van der Waals surface area contributed by atoms with Gasteiger partial charge in [0.2, 0.25) is 0 Å². The summed E-state index contributed by atoms with van der Waals surface area (Å²) in [5.41, 5.74) is 1.67. The molecule has 0 unspecified atom stereocenters. The number of hydrogen-bond donors (Lipinski definition) is 1. The first-order chi connectivity index (χ1) is 9.69. The number of benzene rings is 1. The van der Waals surface area contributed by atoms with E-state index in [1.54, 1.807) is 6.20 Å². The van der Waals surface area contributed by atoms with Crippen molar-refractivity contribution in [3.63, 3.8) is 0 Å². The van der Waals surface area contributed by atoms with Gasteiger partial charge in [0.25, 0.3) is 0 Å². The molecule has 0 saturated carbocycles. The molecule has 2 rings (SSSR count). The lowest BCUT2D eigenvalue weighted by Crippen LogP contribution is -2.05. The SMILES string of the molecule is CCCn1cc(OCc2ccccc2CC(=O)O)cn1. The Morgan fingerprint density at radius 1 is 1.35 bits per heavy atom. The van der Waals surface area contributed by atoms with Crippen LogP contribution in [0.15, 0.2) is 36.7 Å². The van der Waals surface area contributed by atoms with Crippen LogP contribution in [0.2, 0.25) is 0 Å². The van der Waals surface area contributed by atoms with E-state index in [2.05, 4.69) is 12.0 Å². The minimum Gasteiger partial charge on any atom is -0.486 e. The molecule has 1 N–H and O–H groups in total. The Morgan fingerprint density at radius 2 is 2.10 bits per heavy atom. The fourth-order valence-corrected chi connectivity index (χ4v) is 1.97. The molecule has 0 atom stereocenters. The Balaban J connectivity index is 2.00. The van der Waals surface area contributed by atoms with Crippen molar-refractivity contribution in [2.45, 2.75) is 32.9 Å². The van der Waals surface area contributed by atoms with Crippen molar-refractivity contribution in [2.75, 3.05) is 0 Å². The zero-order valence-corrected chi connectivity index (χ0v) is 11.5. The number of rotatable bonds is 7. The molecule has 1 aromatic heterocycles. The van der Waals surface area contributed by atoms with Gasteiger partial charge in [-0.25, -0.2) is 0 Å². The van der Waals surface area contributed by atoms with Gasteiger partial charge in [-0.2, -0.15) is 5.10 Å². The molecule has 20 heavy (non-hydrogen) atoms. The van der Waals surface area contributed by atoms with E-state index >= 15 is 0 Å². The number of carboxylic acid groups (broad SMARTS) is 1. The largest absolute Gasteiger partial charge is 0.486 e. The van der Waals surface area contributed by atoms with Gasteiger partial charge >= 0.3 is 5.97 Å². The third-order valence-corrected chi connectivity index (χ3v) is 2.92. The summed E-state index contributed by atoms with van der Waals surface area (Å²) in [6.45, 7) is 3.30. The number of carbonyl (C=O) groups is 1. The van der Waals surface area contributed by atoms with Crippen LogP contribution in [0.1, 0.15) is 24.5 Å². The number of ether oxygens (including phenoxy) is 1. The van der Waals surface area contributed by atoms with E-state index in [1.165, 1.54) is 0 Å². The predicted octanol–water partition coefficient (Wildman–Crippen LogP) is 2.50. The van der Waals surface area contributed by atoms with Gasteiger partial charge in [0.15, 0.2) is 5.75 Å². The summed E-state index contributed by atoms with van der Waals surface area (Å²) in [6.07, 6.45) is 4.55. The van der Waals surface area contributed by atoms with E-state index in [0.29, 0.717) is 12.4 Å². The molecule has 0 fully saturated rings. The molecule has 0 amide bonds. The van der Waals surface area contributed by atoms with Gasteiger partial charge in [-0.3, -0.25) is 9.48 Å². The molecule has 1 heterocycles. The topological polar surface area (TPSA) is 64.3 Å². The molecule has 0 spiro atoms. The van der Waals surface area contributed by atoms with Crippen LogP contribution >= 0.6 is 0 Å². The van der Waals surface area contributed by atoms with E-state index in [9.17, 15) is 4.79 Å². The lowest BCUT2D eigenvalue weighted by molar-refractivity contribution is -0.136. The Morgan fingerprint density at radius 3 is 2.80 bits per heavy atom. The van der Waals surface area contributed by atoms with E-state index in [-0.39, 0.29) is 6.42 Å². The van der Waals surface area contributed by atoms with Gasteiger partial charge < -0.3 is 9.84 Å². The first kappa shape index (κ1) is 14.1. The Bertz CT molecular complexity index is 578. The first-order valence-corrected chi connectivity index (χ1v) is 6.63. The Labute approximate surface area is 117 Å². The summed E-state index contributed by atoms with van der Waals surface area (Å²) in [7, 11) is 0. The summed E-state index contributed by atoms with van der Waals surface area (Å²) >= 11 is 0. The maximum absolute atomic E-state index is 10.8. The maximum Gasteiger partial charge on any atom is 0.307 e. The molecule has 0 bridgehead atoms. The highest BCUT2D eigenvalue weighted by Gasteiger charge is 2.07. The maximum atomic E-state index is 10.8. The van der Waals surface area contributed by atoms with Gasteiger partial charge in [0, 0.05) is 6.54 Å². The second-order valence-electron chi connectivity index (χ2n) is 4.57. The summed E-state index contributed by atoms with van der Waals surface area (Å²) in [5, 5.41) is 13.1. The zero-order chi connectivity index (χ0) is 14.4. The molecular weight excluding hydrogens is 256 g/mol. The molecule has 2 aromatic rings. The van der Waals surface area contributed by atoms with Crippen LogP contribution < -0.4 is 4.74 Å². The number of aromatic nitrogens is 2. The van der Waals surface area contributed by atoms with Gasteiger partial charge in [-0.05, 0) is 17.5 Å². The average molecular weight is 274 g/mol. The van der Waals surface area contributed by atoms with Crippen LogP contribution in [-0.2, 0) is 24.4 Å². The van der Waals surface area contributed by atoms with Crippen LogP contribution in [-0.4, -0.2) is 20.9 Å². The lowest BCUT2D eigenvalue weighted by Gasteiger charge is -2.08. The summed E-state index contributed by atoms with van der Waals surface area (Å²) in [4.78, 5) is 10.8. The summed E-state index contributed by atoms with van der Waals surface area (Å²) in [5.74, 6) is -0.142. The highest BCUT2D eigenvalue weighted by Crippen LogP contribution is 2.15. The molecule has 5 nitrogen and oxygen atoms in total. The third-order valence-electron chi connectivity index (χ3n) is 2.92. The molecule has 0 aliphatic carbocycles. The fraction of sp³-hybridized carbons (Fsp3) is 0.333. The number of nitrogens with zero attached hydrogens (tertiary/aromatic N) is 2. The highest BCUT2D eigenvalue weighted by atomic mass is 16.5. The number of hydrogen-bond acceptors (Lipinski definition) is 3. The van der Waals surface area contributed by atoms with E-state index in [4.69, 9.17) is 9.84 Å². The standard InChI is InChI=1S/C15H18N2O3/c1-2-7-17-10-14(9-16-17)20-11-13-6-4-3-5-12(13)8-15(18)19/h3-6,9-10H,2,7-8,11H2,1H3,(H,18,19). The highest BCUT2D eigenvalue weighted by molar-refractivity contribution is 5.70. The van der Waals surface area contributed by atoms with Crippen molar-refractivity contribution in [1.82, 2.24) is 9.78 Å². The van der Waals surface area contributed by atoms with E-state index in [0.717, 1.165) is 24.1 Å². The van der Waals surface area contributed by atoms with Crippen molar-refractivity contribution in [3.8, 4) is 5.75 Å². The van der Waals surface area contributed by atoms with E-state index < -0.39 is 5.97 Å². The molecule has 0 radical (unpaired) electrons. The lowest BCUT2D eigenvalue weighted by atomic mass is 10.1. The van der Waals surface area contributed by atoms with Crippen LogP contribution in [0.4, 0.5) is 0 Å². The van der Waals surface area contributed by atoms with Crippen molar-refractivity contribution in [1.29, 1.82) is 0 Å². The number of aryl methyl sites for hydroxylation is 1. The predicted molar refractivity (Wildman–Crippen MR) is 74.6 cm³/mol. The fourth-order valence-electron chi connectivity index (χ4n) is 1.97. The van der Waals surface area contributed by atoms with Crippen molar-refractivity contribution in [2.24, 2.45) is 0 Å². The minimum atomic E-state index is -0.840. The second-order valence-corrected chi connectivity index (χ2v) is 4.57. The van der Waals surface area contributed by atoms with Gasteiger partial charge in [-0.15, -0.1) is 0 Å². The van der Waals surface area contributed by atoms with Crippen molar-refractivity contribution >= 4 is 5.97 Å². The Kier molecular flexibility index (Phi) is 4.76. The van der Waals surface area contributed by atoms with Crippen LogP contribution in [0, 0.1) is 0 Å². The number of carboxylic acids is 1. The summed E-state index contributed by atoms with van der Waals surface area (Å²) < 4.78 is 7.50. The number of aliphatic carboxylic acids is 1. The second kappa shape index (κ2) is 6.75. The Hall–Kier alpha value is -2.30. The van der Waals surface area contributed by atoms with Gasteiger partial charge in [0.1, 0.15) is 6.61 Å². The molecule has 0 aliphatic heterocycles. The quantitative estimate of drug-likeness (QED) is 0.842. The zero-order valence-electron chi connectivity index (χ0n) is 11.5. The van der Waals surface area contributed by atoms with Crippen LogP contribution in [0.3, 0.4) is 0 Å². The van der Waals surface area contributed by atoms with Gasteiger partial charge in [-0.1, -0.05) is 31.2 Å². The monoisotopic (exact) mass is 274 g/mol. The third kappa shape index (κ3) is 3.85. The molecule has 106 valence electrons. The molecule has 1 aromatic carbocycles. The van der Waals surface area contributed by atoms with Crippen molar-refractivity contribution in [3.05, 3.63) is 47.8 Å². The normalized spacial score (nSPS) is 10.4. The minimum absolute atomic E-state index is 0.00856. The first-order valence-electron chi connectivity index (χ1n) is 6.63. The van der Waals surface area contributed by atoms with Crippen LogP contribution in [0.25, 0.3) is 0 Å². The average Bonchev–Trinajstić information content (AvgIpc) is 2.85. The molecule has 5 heteroatoms. The van der Waals surface area contributed by atoms with E-state index in [1.807, 2.05) is 35.1 Å². The summed E-state index contributed by atoms with van der Waals surface area (Å²) in [6, 6.07) is 7.41. The smallest absolute Gasteiger partial charge is 0.307 e. The molecule has 0 saturated heterocycles.